The highest BCUT2D eigenvalue weighted by Gasteiger charge is 2.48. The highest BCUT2D eigenvalue weighted by molar-refractivity contribution is 4.92. The summed E-state index contributed by atoms with van der Waals surface area (Å²) in [5, 5.41) is 8.00. The summed E-state index contributed by atoms with van der Waals surface area (Å²) in [7, 11) is 1.64. The Morgan fingerprint density at radius 2 is 2.07 bits per heavy atom. The molecule has 1 saturated heterocycles. The minimum atomic E-state index is -0.475. The first-order valence-corrected chi connectivity index (χ1v) is 5.46. The van der Waals surface area contributed by atoms with E-state index in [-0.39, 0.29) is 24.6 Å². The first-order chi connectivity index (χ1) is 6.89. The molecule has 1 heterocycles. The Balaban J connectivity index is 2.67. The van der Waals surface area contributed by atoms with Gasteiger partial charge in [0, 0.05) is 13.5 Å². The van der Waals surface area contributed by atoms with E-state index in [4.69, 9.17) is 19.3 Å². The third-order valence-corrected chi connectivity index (χ3v) is 2.96. The number of hydrogen-bond acceptors (Lipinski definition) is 3. The van der Waals surface area contributed by atoms with Crippen LogP contribution in [0.5, 0.6) is 0 Å². The highest BCUT2D eigenvalue weighted by atomic mass is 16.7. The molecule has 1 fully saturated rings. The fraction of sp³-hybridized carbons (Fsp3) is 1.00. The van der Waals surface area contributed by atoms with Crippen LogP contribution in [0.4, 0.5) is 0 Å². The predicted octanol–water partition coefficient (Wildman–Crippen LogP) is 1.04. The monoisotopic (exact) mass is 219 g/mol. The van der Waals surface area contributed by atoms with Crippen molar-refractivity contribution in [3.05, 3.63) is 0 Å². The molecular formula is C11H23O4+. The second-order valence-electron chi connectivity index (χ2n) is 4.65. The lowest BCUT2D eigenvalue weighted by Crippen LogP contribution is -2.56. The Morgan fingerprint density at radius 1 is 1.47 bits per heavy atom. The van der Waals surface area contributed by atoms with Gasteiger partial charge in [-0.15, -0.1) is 0 Å². The van der Waals surface area contributed by atoms with Crippen LogP contribution in [0.3, 0.4) is 0 Å². The summed E-state index contributed by atoms with van der Waals surface area (Å²) in [6.07, 6.45) is -0.0423. The molecule has 0 aromatic carbocycles. The Labute approximate surface area is 91.5 Å². The van der Waals surface area contributed by atoms with Crippen molar-refractivity contribution in [3.8, 4) is 0 Å². The zero-order valence-electron chi connectivity index (χ0n) is 10.2. The van der Waals surface area contributed by atoms with Crippen LogP contribution in [0.15, 0.2) is 0 Å². The van der Waals surface area contributed by atoms with E-state index in [1.54, 1.807) is 7.11 Å². The first-order valence-electron chi connectivity index (χ1n) is 5.46. The van der Waals surface area contributed by atoms with Gasteiger partial charge in [-0.1, -0.05) is 0 Å². The molecule has 2 N–H and O–H groups in total. The Hall–Kier alpha value is -0.160. The van der Waals surface area contributed by atoms with Gasteiger partial charge in [0.2, 0.25) is 6.10 Å². The average Bonchev–Trinajstić information content (AvgIpc) is 2.13. The Kier molecular flexibility index (Phi) is 4.12. The maximum atomic E-state index is 8.00. The van der Waals surface area contributed by atoms with E-state index >= 15 is 0 Å². The lowest BCUT2D eigenvalue weighted by Gasteiger charge is -2.41. The summed E-state index contributed by atoms with van der Waals surface area (Å²) in [6.45, 7) is 7.79. The fourth-order valence-electron chi connectivity index (χ4n) is 1.91. The molecule has 0 radical (unpaired) electrons. The lowest BCUT2D eigenvalue weighted by molar-refractivity contribution is -0.285. The van der Waals surface area contributed by atoms with Gasteiger partial charge >= 0.3 is 0 Å². The Bertz CT molecular complexity index is 207. The maximum Gasteiger partial charge on any atom is 0.209 e. The SMILES string of the molecule is CO[C@@]1(C)C[C@@H](OC(C)C)O[C@H](C)[C@H]1[OH2+]. The minimum absolute atomic E-state index is 0.130. The van der Waals surface area contributed by atoms with Crippen molar-refractivity contribution in [3.63, 3.8) is 0 Å². The van der Waals surface area contributed by atoms with Gasteiger partial charge in [0.15, 0.2) is 6.29 Å². The van der Waals surface area contributed by atoms with Crippen LogP contribution in [-0.2, 0) is 14.2 Å². The van der Waals surface area contributed by atoms with Gasteiger partial charge in [-0.05, 0) is 27.7 Å². The number of ether oxygens (including phenoxy) is 3. The molecule has 0 spiro atoms. The summed E-state index contributed by atoms with van der Waals surface area (Å²) in [5.74, 6) is 0. The summed E-state index contributed by atoms with van der Waals surface area (Å²) in [4.78, 5) is 0. The molecule has 4 heteroatoms. The van der Waals surface area contributed by atoms with E-state index in [9.17, 15) is 0 Å². The van der Waals surface area contributed by atoms with Crippen LogP contribution >= 0.6 is 0 Å². The van der Waals surface area contributed by atoms with Gasteiger partial charge in [-0.25, -0.2) is 0 Å². The van der Waals surface area contributed by atoms with Crippen molar-refractivity contribution >= 4 is 0 Å². The zero-order valence-corrected chi connectivity index (χ0v) is 10.2. The van der Waals surface area contributed by atoms with Crippen LogP contribution in [0.1, 0.15) is 34.1 Å². The number of hydrogen-bond donors (Lipinski definition) is 0. The molecule has 15 heavy (non-hydrogen) atoms. The van der Waals surface area contributed by atoms with Gasteiger partial charge in [0.1, 0.15) is 11.7 Å². The molecule has 0 unspecified atom stereocenters. The van der Waals surface area contributed by atoms with Crippen molar-refractivity contribution in [2.45, 2.75) is 64.3 Å². The largest absolute Gasteiger partial charge is 0.439 e. The maximum absolute atomic E-state index is 8.00. The van der Waals surface area contributed by atoms with Crippen molar-refractivity contribution < 1.29 is 19.3 Å². The summed E-state index contributed by atoms with van der Waals surface area (Å²) in [6, 6.07) is 0. The summed E-state index contributed by atoms with van der Waals surface area (Å²) >= 11 is 0. The second-order valence-corrected chi connectivity index (χ2v) is 4.65. The van der Waals surface area contributed by atoms with Gasteiger partial charge in [0.25, 0.3) is 0 Å². The minimum Gasteiger partial charge on any atom is -0.439 e. The van der Waals surface area contributed by atoms with Crippen LogP contribution in [-0.4, -0.2) is 42.4 Å². The topological polar surface area (TPSA) is 50.6 Å². The van der Waals surface area contributed by atoms with Crippen molar-refractivity contribution in [1.29, 1.82) is 0 Å². The summed E-state index contributed by atoms with van der Waals surface area (Å²) < 4.78 is 16.7. The van der Waals surface area contributed by atoms with Crippen LogP contribution in [0, 0.1) is 0 Å². The molecule has 0 saturated carbocycles. The van der Waals surface area contributed by atoms with E-state index in [1.807, 2.05) is 27.7 Å². The average molecular weight is 219 g/mol. The normalized spacial score (nSPS) is 42.2. The molecular weight excluding hydrogens is 196 g/mol. The first kappa shape index (κ1) is 12.9. The van der Waals surface area contributed by atoms with E-state index in [2.05, 4.69) is 0 Å². The molecule has 1 aliphatic rings. The molecule has 4 atom stereocenters. The smallest absolute Gasteiger partial charge is 0.209 e. The van der Waals surface area contributed by atoms with Crippen LogP contribution in [0.25, 0.3) is 0 Å². The number of rotatable bonds is 3. The van der Waals surface area contributed by atoms with Crippen molar-refractivity contribution in [2.75, 3.05) is 7.11 Å². The number of methoxy groups -OCH3 is 1. The Morgan fingerprint density at radius 3 is 2.53 bits per heavy atom. The van der Waals surface area contributed by atoms with Gasteiger partial charge in [-0.2, -0.15) is 0 Å². The van der Waals surface area contributed by atoms with E-state index in [0.29, 0.717) is 6.42 Å². The lowest BCUT2D eigenvalue weighted by atomic mass is 9.88. The highest BCUT2D eigenvalue weighted by Crippen LogP contribution is 2.32. The van der Waals surface area contributed by atoms with E-state index in [1.165, 1.54) is 0 Å². The molecule has 0 bridgehead atoms. The predicted molar refractivity (Wildman–Crippen MR) is 58.0 cm³/mol. The standard InChI is InChI=1S/C11H22O4/c1-7(2)14-9-6-11(4,13-5)10(12)8(3)15-9/h7-10,12H,6H2,1-5H3/p+1/t8-,9+,10-,11+/m1/s1. The molecule has 0 amide bonds. The zero-order chi connectivity index (χ0) is 11.6. The van der Waals surface area contributed by atoms with E-state index < -0.39 is 5.60 Å². The van der Waals surface area contributed by atoms with Crippen molar-refractivity contribution in [1.82, 2.24) is 0 Å². The van der Waals surface area contributed by atoms with E-state index in [0.717, 1.165) is 0 Å². The van der Waals surface area contributed by atoms with Gasteiger partial charge in [0.05, 0.1) is 6.10 Å². The third kappa shape index (κ3) is 2.91. The second kappa shape index (κ2) is 4.78. The van der Waals surface area contributed by atoms with Gasteiger partial charge < -0.3 is 19.3 Å². The van der Waals surface area contributed by atoms with Gasteiger partial charge in [-0.3, -0.25) is 0 Å². The molecule has 0 aromatic heterocycles. The third-order valence-electron chi connectivity index (χ3n) is 2.96. The summed E-state index contributed by atoms with van der Waals surface area (Å²) in [5.41, 5.74) is -0.475. The molecule has 0 aromatic rings. The molecule has 90 valence electrons. The molecule has 1 rings (SSSR count). The van der Waals surface area contributed by atoms with Crippen molar-refractivity contribution in [2.24, 2.45) is 0 Å². The van der Waals surface area contributed by atoms with Crippen LogP contribution < -0.4 is 0 Å². The molecule has 1 aliphatic heterocycles. The molecule has 0 aliphatic carbocycles. The van der Waals surface area contributed by atoms with Crippen LogP contribution in [0.2, 0.25) is 0 Å². The fourth-order valence-corrected chi connectivity index (χ4v) is 1.91. The molecule has 4 nitrogen and oxygen atoms in total. The quantitative estimate of drug-likeness (QED) is 0.666.